The van der Waals surface area contributed by atoms with Crippen molar-refractivity contribution in [3.05, 3.63) is 59.7 Å². The number of carbonyl (C=O) groups is 1. The maximum absolute atomic E-state index is 14.4. The SMILES string of the molecule is C[C@H]1COCC(NS(C)(=O)=O)CN1C(=O)[C@@H]1C[C@H]1c1ccccc1-c1c(F)cccc1F. The number of sulfonamides is 1. The molecule has 1 amide bonds. The molecule has 0 aromatic heterocycles. The highest BCUT2D eigenvalue weighted by molar-refractivity contribution is 7.88. The number of halogens is 2. The van der Waals surface area contributed by atoms with Crippen molar-refractivity contribution in [1.29, 1.82) is 0 Å². The van der Waals surface area contributed by atoms with Crippen LogP contribution in [0.2, 0.25) is 0 Å². The van der Waals surface area contributed by atoms with Gasteiger partial charge in [-0.2, -0.15) is 0 Å². The Labute approximate surface area is 186 Å². The predicted molar refractivity (Wildman–Crippen MR) is 116 cm³/mol. The molecule has 0 radical (unpaired) electrons. The van der Waals surface area contributed by atoms with Crippen LogP contribution >= 0.6 is 0 Å². The molecule has 1 saturated carbocycles. The van der Waals surface area contributed by atoms with Crippen LogP contribution in [0.25, 0.3) is 11.1 Å². The molecular formula is C23H26F2N2O4S. The van der Waals surface area contributed by atoms with Gasteiger partial charge in [0, 0.05) is 12.5 Å². The van der Waals surface area contributed by atoms with E-state index in [1.807, 2.05) is 13.0 Å². The minimum absolute atomic E-state index is 0.0878. The Hall–Kier alpha value is -2.36. The van der Waals surface area contributed by atoms with Crippen molar-refractivity contribution in [1.82, 2.24) is 9.62 Å². The van der Waals surface area contributed by atoms with Crippen LogP contribution in [0.15, 0.2) is 42.5 Å². The van der Waals surface area contributed by atoms with Gasteiger partial charge in [0.25, 0.3) is 0 Å². The quantitative estimate of drug-likeness (QED) is 0.739. The first-order valence-electron chi connectivity index (χ1n) is 10.5. The van der Waals surface area contributed by atoms with Crippen LogP contribution in [-0.2, 0) is 19.6 Å². The molecule has 6 nitrogen and oxygen atoms in total. The Kier molecular flexibility index (Phi) is 6.33. The van der Waals surface area contributed by atoms with E-state index < -0.39 is 27.7 Å². The lowest BCUT2D eigenvalue weighted by Gasteiger charge is -2.29. The first kappa shape index (κ1) is 22.8. The predicted octanol–water partition coefficient (Wildman–Crippen LogP) is 2.90. The van der Waals surface area contributed by atoms with Crippen LogP contribution in [0, 0.1) is 17.6 Å². The third kappa shape index (κ3) is 4.84. The lowest BCUT2D eigenvalue weighted by atomic mass is 9.95. The summed E-state index contributed by atoms with van der Waals surface area (Å²) in [6, 6.07) is 10.0. The molecule has 4 atom stereocenters. The summed E-state index contributed by atoms with van der Waals surface area (Å²) in [7, 11) is -3.45. The van der Waals surface area contributed by atoms with Gasteiger partial charge < -0.3 is 9.64 Å². The van der Waals surface area contributed by atoms with E-state index in [-0.39, 0.29) is 42.5 Å². The summed E-state index contributed by atoms with van der Waals surface area (Å²) in [6.07, 6.45) is 1.64. The summed E-state index contributed by atoms with van der Waals surface area (Å²) >= 11 is 0. The van der Waals surface area contributed by atoms with Crippen molar-refractivity contribution in [2.45, 2.75) is 31.3 Å². The standard InChI is InChI=1S/C23H26F2N2O4S/c1-14-12-31-13-15(26-32(2,29)30)11-27(14)23(28)19-10-18(19)16-6-3-4-7-17(16)22-20(24)8-5-9-21(22)25/h3-9,14-15,18-19,26H,10-13H2,1-2H3/t14-,15?,18-,19+/m0/s1. The second kappa shape index (κ2) is 8.88. The minimum atomic E-state index is -3.45. The highest BCUT2D eigenvalue weighted by Crippen LogP contribution is 2.51. The zero-order valence-electron chi connectivity index (χ0n) is 17.9. The molecule has 172 valence electrons. The van der Waals surface area contributed by atoms with Crippen molar-refractivity contribution in [2.24, 2.45) is 5.92 Å². The Balaban J connectivity index is 1.56. The summed E-state index contributed by atoms with van der Waals surface area (Å²) in [4.78, 5) is 15.0. The highest BCUT2D eigenvalue weighted by Gasteiger charge is 2.48. The molecule has 2 aromatic rings. The van der Waals surface area contributed by atoms with Gasteiger partial charge in [-0.3, -0.25) is 4.79 Å². The lowest BCUT2D eigenvalue weighted by molar-refractivity contribution is -0.135. The normalized spacial score (nSPS) is 25.9. The molecule has 1 aliphatic carbocycles. The summed E-state index contributed by atoms with van der Waals surface area (Å²) in [5.41, 5.74) is 1.10. The maximum atomic E-state index is 14.4. The molecule has 1 unspecified atom stereocenters. The zero-order valence-corrected chi connectivity index (χ0v) is 18.7. The number of hydrogen-bond donors (Lipinski definition) is 1. The summed E-state index contributed by atoms with van der Waals surface area (Å²) in [6.45, 7) is 2.56. The molecule has 1 heterocycles. The van der Waals surface area contributed by atoms with E-state index in [2.05, 4.69) is 4.72 Å². The average molecular weight is 465 g/mol. The molecule has 1 saturated heterocycles. The van der Waals surface area contributed by atoms with E-state index in [1.165, 1.54) is 18.2 Å². The summed E-state index contributed by atoms with van der Waals surface area (Å²) in [5.74, 6) is -1.87. The fourth-order valence-electron chi connectivity index (χ4n) is 4.45. The van der Waals surface area contributed by atoms with Gasteiger partial charge in [-0.05, 0) is 42.5 Å². The highest BCUT2D eigenvalue weighted by atomic mass is 32.2. The molecule has 1 aliphatic heterocycles. The summed E-state index contributed by atoms with van der Waals surface area (Å²) < 4.78 is 60.2. The van der Waals surface area contributed by atoms with E-state index in [4.69, 9.17) is 4.74 Å². The number of ether oxygens (including phenoxy) is 1. The molecular weight excluding hydrogens is 438 g/mol. The number of carbonyl (C=O) groups excluding carboxylic acids is 1. The van der Waals surface area contributed by atoms with Crippen molar-refractivity contribution >= 4 is 15.9 Å². The van der Waals surface area contributed by atoms with Gasteiger partial charge in [-0.25, -0.2) is 21.9 Å². The molecule has 1 N–H and O–H groups in total. The smallest absolute Gasteiger partial charge is 0.226 e. The molecule has 0 bridgehead atoms. The second-order valence-corrected chi connectivity index (χ2v) is 10.4. The maximum Gasteiger partial charge on any atom is 0.226 e. The third-order valence-electron chi connectivity index (χ3n) is 5.99. The zero-order chi connectivity index (χ0) is 23.0. The van der Waals surface area contributed by atoms with Crippen LogP contribution in [0.5, 0.6) is 0 Å². The van der Waals surface area contributed by atoms with Crippen LogP contribution in [-0.4, -0.2) is 57.3 Å². The minimum Gasteiger partial charge on any atom is -0.378 e. The van der Waals surface area contributed by atoms with Gasteiger partial charge in [-0.1, -0.05) is 30.3 Å². The molecule has 32 heavy (non-hydrogen) atoms. The average Bonchev–Trinajstić information content (AvgIpc) is 3.52. The molecule has 0 spiro atoms. The lowest BCUT2D eigenvalue weighted by Crippen LogP contribution is -2.49. The Morgan fingerprint density at radius 1 is 1.09 bits per heavy atom. The second-order valence-electron chi connectivity index (χ2n) is 8.60. The van der Waals surface area contributed by atoms with E-state index in [0.29, 0.717) is 18.6 Å². The van der Waals surface area contributed by atoms with Gasteiger partial charge >= 0.3 is 0 Å². The molecule has 2 fully saturated rings. The number of nitrogens with one attached hydrogen (secondary N) is 1. The van der Waals surface area contributed by atoms with Crippen LogP contribution in [0.4, 0.5) is 8.78 Å². The van der Waals surface area contributed by atoms with Crippen molar-refractivity contribution in [3.63, 3.8) is 0 Å². The van der Waals surface area contributed by atoms with Gasteiger partial charge in [0.15, 0.2) is 0 Å². The van der Waals surface area contributed by atoms with Crippen LogP contribution in [0.1, 0.15) is 24.8 Å². The summed E-state index contributed by atoms with van der Waals surface area (Å²) in [5, 5.41) is 0. The van der Waals surface area contributed by atoms with Gasteiger partial charge in [0.05, 0.1) is 37.1 Å². The Morgan fingerprint density at radius 3 is 2.47 bits per heavy atom. The third-order valence-corrected chi connectivity index (χ3v) is 6.75. The number of hydrogen-bond acceptors (Lipinski definition) is 4. The first-order valence-corrected chi connectivity index (χ1v) is 12.4. The largest absolute Gasteiger partial charge is 0.378 e. The number of benzene rings is 2. The van der Waals surface area contributed by atoms with Crippen LogP contribution in [0.3, 0.4) is 0 Å². The van der Waals surface area contributed by atoms with E-state index in [0.717, 1.165) is 11.8 Å². The van der Waals surface area contributed by atoms with Crippen molar-refractivity contribution in [3.8, 4) is 11.1 Å². The van der Waals surface area contributed by atoms with Crippen LogP contribution < -0.4 is 4.72 Å². The monoisotopic (exact) mass is 464 g/mol. The number of amides is 1. The van der Waals surface area contributed by atoms with Gasteiger partial charge in [-0.15, -0.1) is 0 Å². The van der Waals surface area contributed by atoms with Crippen molar-refractivity contribution in [2.75, 3.05) is 26.0 Å². The van der Waals surface area contributed by atoms with E-state index in [1.54, 1.807) is 23.1 Å². The Morgan fingerprint density at radius 2 is 1.78 bits per heavy atom. The Bertz CT molecular complexity index is 1100. The van der Waals surface area contributed by atoms with Gasteiger partial charge in [0.2, 0.25) is 15.9 Å². The van der Waals surface area contributed by atoms with E-state index in [9.17, 15) is 22.0 Å². The molecule has 2 aliphatic rings. The molecule has 4 rings (SSSR count). The molecule has 2 aromatic carbocycles. The number of nitrogens with zero attached hydrogens (tertiary/aromatic N) is 1. The van der Waals surface area contributed by atoms with Crippen molar-refractivity contribution < 1.29 is 26.7 Å². The molecule has 9 heteroatoms. The van der Waals surface area contributed by atoms with Gasteiger partial charge in [0.1, 0.15) is 11.6 Å². The van der Waals surface area contributed by atoms with E-state index >= 15 is 0 Å². The first-order chi connectivity index (χ1) is 15.2. The topological polar surface area (TPSA) is 75.7 Å². The number of rotatable bonds is 5. The fraction of sp³-hybridized carbons (Fsp3) is 0.435. The fourth-order valence-corrected chi connectivity index (χ4v) is 5.20.